The predicted molar refractivity (Wildman–Crippen MR) is 92.3 cm³/mol. The van der Waals surface area contributed by atoms with E-state index in [-0.39, 0.29) is 24.2 Å². The molecule has 1 unspecified atom stereocenters. The molecule has 2 aromatic rings. The van der Waals surface area contributed by atoms with Crippen molar-refractivity contribution in [3.05, 3.63) is 28.7 Å². The molecule has 1 saturated heterocycles. The van der Waals surface area contributed by atoms with Crippen molar-refractivity contribution in [1.29, 1.82) is 0 Å². The molecule has 2 N–H and O–H groups in total. The van der Waals surface area contributed by atoms with Gasteiger partial charge in [-0.25, -0.2) is 0 Å². The highest BCUT2D eigenvalue weighted by Crippen LogP contribution is 2.35. The van der Waals surface area contributed by atoms with Gasteiger partial charge >= 0.3 is 0 Å². The molecular formula is C13H14Cl2N4OS2. The fourth-order valence-electron chi connectivity index (χ4n) is 2.09. The fourth-order valence-corrected chi connectivity index (χ4v) is 3.82. The monoisotopic (exact) mass is 376 g/mol. The lowest BCUT2D eigenvalue weighted by atomic mass is 10.1. The van der Waals surface area contributed by atoms with Crippen LogP contribution >= 0.6 is 47.1 Å². The number of rotatable bonds is 4. The molecule has 1 amide bonds. The first-order chi connectivity index (χ1) is 10.2. The number of amides is 1. The number of nitrogens with one attached hydrogen (secondary N) is 2. The van der Waals surface area contributed by atoms with Crippen molar-refractivity contribution in [2.75, 3.05) is 18.4 Å². The van der Waals surface area contributed by atoms with E-state index in [1.807, 2.05) is 12.1 Å². The molecule has 0 spiro atoms. The first-order valence-electron chi connectivity index (χ1n) is 6.47. The molecule has 0 radical (unpaired) electrons. The van der Waals surface area contributed by atoms with Gasteiger partial charge in [0, 0.05) is 17.1 Å². The number of hydrogen-bond acceptors (Lipinski definition) is 6. The molecule has 5 nitrogen and oxygen atoms in total. The van der Waals surface area contributed by atoms with Crippen molar-refractivity contribution < 1.29 is 4.79 Å². The van der Waals surface area contributed by atoms with E-state index in [1.165, 1.54) is 23.1 Å². The Bertz CT molecular complexity index is 633. The predicted octanol–water partition coefficient (Wildman–Crippen LogP) is 3.31. The summed E-state index contributed by atoms with van der Waals surface area (Å²) in [5.74, 6) is 0.0832. The summed E-state index contributed by atoms with van der Waals surface area (Å²) in [6, 6.07) is 5.51. The minimum Gasteiger partial charge on any atom is -0.326 e. The molecule has 0 aliphatic carbocycles. The molecule has 1 aliphatic heterocycles. The summed E-state index contributed by atoms with van der Waals surface area (Å²) in [4.78, 5) is 12.9. The normalized spacial score (nSPS) is 17.0. The summed E-state index contributed by atoms with van der Waals surface area (Å²) < 4.78 is 0.839. The van der Waals surface area contributed by atoms with Crippen molar-refractivity contribution in [2.45, 2.75) is 15.7 Å². The largest absolute Gasteiger partial charge is 0.326 e. The number of halogens is 2. The maximum atomic E-state index is 12.1. The topological polar surface area (TPSA) is 66.9 Å². The zero-order valence-electron chi connectivity index (χ0n) is 11.4. The molecule has 2 heterocycles. The van der Waals surface area contributed by atoms with Crippen LogP contribution in [0.4, 0.5) is 5.69 Å². The summed E-state index contributed by atoms with van der Waals surface area (Å²) in [6.45, 7) is 1.64. The van der Waals surface area contributed by atoms with Gasteiger partial charge in [0.2, 0.25) is 5.91 Å². The Morgan fingerprint density at radius 3 is 3.00 bits per heavy atom. The Balaban J connectivity index is 0.00000176. The van der Waals surface area contributed by atoms with Crippen molar-refractivity contribution in [3.8, 4) is 0 Å². The van der Waals surface area contributed by atoms with E-state index in [4.69, 9.17) is 11.6 Å². The van der Waals surface area contributed by atoms with E-state index in [1.54, 1.807) is 11.6 Å². The molecule has 9 heteroatoms. The van der Waals surface area contributed by atoms with Crippen LogP contribution in [0.5, 0.6) is 0 Å². The van der Waals surface area contributed by atoms with Crippen LogP contribution in [0.15, 0.2) is 32.9 Å². The van der Waals surface area contributed by atoms with Gasteiger partial charge in [0.15, 0.2) is 4.34 Å². The SMILES string of the molecule is Cl.O=C(Nc1ccc(Sc2nncs2)c(Cl)c1)C1CCNC1. The van der Waals surface area contributed by atoms with Gasteiger partial charge in [-0.1, -0.05) is 34.7 Å². The Hall–Kier alpha value is -0.860. The smallest absolute Gasteiger partial charge is 0.228 e. The maximum Gasteiger partial charge on any atom is 0.228 e. The van der Waals surface area contributed by atoms with E-state index in [0.29, 0.717) is 5.02 Å². The van der Waals surface area contributed by atoms with Gasteiger partial charge in [-0.15, -0.1) is 22.6 Å². The number of aromatic nitrogens is 2. The zero-order valence-corrected chi connectivity index (χ0v) is 14.6. The van der Waals surface area contributed by atoms with E-state index in [2.05, 4.69) is 20.8 Å². The molecule has 1 aromatic heterocycles. The van der Waals surface area contributed by atoms with Crippen molar-refractivity contribution in [2.24, 2.45) is 5.92 Å². The van der Waals surface area contributed by atoms with Crippen LogP contribution in [0.3, 0.4) is 0 Å². The standard InChI is InChI=1S/C13H13ClN4OS2.ClH/c14-10-5-9(17-12(19)8-3-4-15-6-8)1-2-11(10)21-13-18-16-7-20-13;/h1-2,5,7-8,15H,3-4,6H2,(H,17,19);1H. The van der Waals surface area contributed by atoms with Crippen molar-refractivity contribution >= 4 is 58.7 Å². The van der Waals surface area contributed by atoms with Gasteiger partial charge in [-0.2, -0.15) is 0 Å². The molecule has 118 valence electrons. The average Bonchev–Trinajstić information content (AvgIpc) is 3.14. The summed E-state index contributed by atoms with van der Waals surface area (Å²) in [7, 11) is 0. The van der Waals surface area contributed by atoms with Crippen molar-refractivity contribution in [3.63, 3.8) is 0 Å². The van der Waals surface area contributed by atoms with Crippen LogP contribution < -0.4 is 10.6 Å². The Morgan fingerprint density at radius 2 is 2.36 bits per heavy atom. The van der Waals surface area contributed by atoms with Gasteiger partial charge < -0.3 is 10.6 Å². The van der Waals surface area contributed by atoms with Crippen LogP contribution in [0, 0.1) is 5.92 Å². The average molecular weight is 377 g/mol. The minimum atomic E-state index is 0. The molecule has 1 aliphatic rings. The third-order valence-corrected chi connectivity index (χ3v) is 5.45. The third kappa shape index (κ3) is 4.33. The number of hydrogen-bond donors (Lipinski definition) is 2. The van der Waals surface area contributed by atoms with Gasteiger partial charge in [0.1, 0.15) is 5.51 Å². The number of carbonyl (C=O) groups excluding carboxylic acids is 1. The number of nitrogens with zero attached hydrogens (tertiary/aromatic N) is 2. The highest BCUT2D eigenvalue weighted by molar-refractivity contribution is 8.01. The first-order valence-corrected chi connectivity index (χ1v) is 8.55. The third-order valence-electron chi connectivity index (χ3n) is 3.17. The quantitative estimate of drug-likeness (QED) is 0.856. The van der Waals surface area contributed by atoms with Crippen LogP contribution in [0.2, 0.25) is 5.02 Å². The second-order valence-electron chi connectivity index (χ2n) is 4.63. The highest BCUT2D eigenvalue weighted by atomic mass is 35.5. The lowest BCUT2D eigenvalue weighted by molar-refractivity contribution is -0.119. The Morgan fingerprint density at radius 1 is 1.50 bits per heavy atom. The number of anilines is 1. The van der Waals surface area contributed by atoms with Crippen LogP contribution in [-0.4, -0.2) is 29.2 Å². The van der Waals surface area contributed by atoms with Gasteiger partial charge in [0.05, 0.1) is 10.9 Å². The van der Waals surface area contributed by atoms with Crippen LogP contribution in [0.25, 0.3) is 0 Å². The lowest BCUT2D eigenvalue weighted by Crippen LogP contribution is -2.24. The summed E-state index contributed by atoms with van der Waals surface area (Å²) in [5, 5.41) is 14.5. The summed E-state index contributed by atoms with van der Waals surface area (Å²) in [5.41, 5.74) is 2.40. The first kappa shape index (κ1) is 17.5. The molecule has 1 atom stereocenters. The Labute approximate surface area is 147 Å². The minimum absolute atomic E-state index is 0. The zero-order chi connectivity index (χ0) is 14.7. The van der Waals surface area contributed by atoms with Gasteiger partial charge in [0.25, 0.3) is 0 Å². The summed E-state index contributed by atoms with van der Waals surface area (Å²) >= 11 is 9.19. The van der Waals surface area contributed by atoms with E-state index in [9.17, 15) is 4.79 Å². The molecule has 3 rings (SSSR count). The fraction of sp³-hybridized carbons (Fsp3) is 0.308. The van der Waals surface area contributed by atoms with Crippen molar-refractivity contribution in [1.82, 2.24) is 15.5 Å². The van der Waals surface area contributed by atoms with Gasteiger partial charge in [-0.05, 0) is 31.2 Å². The number of carbonyl (C=O) groups is 1. The number of benzene rings is 1. The summed E-state index contributed by atoms with van der Waals surface area (Å²) in [6.07, 6.45) is 0.880. The van der Waals surface area contributed by atoms with E-state index >= 15 is 0 Å². The molecule has 0 saturated carbocycles. The van der Waals surface area contributed by atoms with E-state index in [0.717, 1.165) is 34.4 Å². The van der Waals surface area contributed by atoms with Crippen LogP contribution in [0.1, 0.15) is 6.42 Å². The lowest BCUT2D eigenvalue weighted by Gasteiger charge is -2.11. The van der Waals surface area contributed by atoms with Crippen LogP contribution in [-0.2, 0) is 4.79 Å². The highest BCUT2D eigenvalue weighted by Gasteiger charge is 2.22. The molecule has 22 heavy (non-hydrogen) atoms. The molecular weight excluding hydrogens is 363 g/mol. The second kappa shape index (κ2) is 8.12. The Kier molecular flexibility index (Phi) is 6.46. The van der Waals surface area contributed by atoms with Gasteiger partial charge in [-0.3, -0.25) is 4.79 Å². The molecule has 0 bridgehead atoms. The maximum absolute atomic E-state index is 12.1. The molecule has 1 fully saturated rings. The second-order valence-corrected chi connectivity index (χ2v) is 7.16. The van der Waals surface area contributed by atoms with E-state index < -0.39 is 0 Å². The molecule has 1 aromatic carbocycles.